The number of benzene rings is 1. The number of hydrogen-bond donors (Lipinski definition) is 2. The Balaban J connectivity index is 1.75. The lowest BCUT2D eigenvalue weighted by Gasteiger charge is -2.35. The Morgan fingerprint density at radius 1 is 1.31 bits per heavy atom. The molecule has 140 valence electrons. The summed E-state index contributed by atoms with van der Waals surface area (Å²) in [5.74, 6) is 0. The third kappa shape index (κ3) is 3.88. The summed E-state index contributed by atoms with van der Waals surface area (Å²) in [6.45, 7) is 0.749. The van der Waals surface area contributed by atoms with E-state index in [0.29, 0.717) is 12.1 Å². The van der Waals surface area contributed by atoms with E-state index in [-0.39, 0.29) is 23.5 Å². The normalized spacial score (nSPS) is 17.9. The van der Waals surface area contributed by atoms with Gasteiger partial charge >= 0.3 is 6.03 Å². The fourth-order valence-electron chi connectivity index (χ4n) is 3.39. The lowest BCUT2D eigenvalue weighted by atomic mass is 9.99. The second-order valence-electron chi connectivity index (χ2n) is 6.40. The largest absolute Gasteiger partial charge is 0.334 e. The van der Waals surface area contributed by atoms with E-state index in [1.807, 2.05) is 13.1 Å². The van der Waals surface area contributed by atoms with Crippen LogP contribution in [0.2, 0.25) is 0 Å². The molecule has 8 nitrogen and oxygen atoms in total. The summed E-state index contributed by atoms with van der Waals surface area (Å²) in [4.78, 5) is 14.6. The first-order valence-electron chi connectivity index (χ1n) is 8.51. The van der Waals surface area contributed by atoms with Crippen molar-refractivity contribution in [3.05, 3.63) is 47.8 Å². The van der Waals surface area contributed by atoms with Crippen LogP contribution in [-0.2, 0) is 23.6 Å². The van der Waals surface area contributed by atoms with Crippen molar-refractivity contribution < 1.29 is 13.2 Å². The van der Waals surface area contributed by atoms with Crippen LogP contribution in [0.1, 0.15) is 36.6 Å². The number of nitrogens with two attached hydrogens (primary N) is 1. The number of likely N-dealkylation sites (tertiary alicyclic amines) is 1. The van der Waals surface area contributed by atoms with Crippen molar-refractivity contribution in [2.45, 2.75) is 36.7 Å². The fourth-order valence-corrected chi connectivity index (χ4v) is 4.17. The van der Waals surface area contributed by atoms with Crippen LogP contribution in [0.15, 0.2) is 41.4 Å². The first-order valence-corrected chi connectivity index (χ1v) is 10.1. The summed E-state index contributed by atoms with van der Waals surface area (Å²) in [6.07, 6.45) is 4.59. The van der Waals surface area contributed by atoms with E-state index in [1.54, 1.807) is 34.0 Å². The van der Waals surface area contributed by atoms with Crippen LogP contribution in [0, 0.1) is 0 Å². The van der Waals surface area contributed by atoms with E-state index in [4.69, 9.17) is 5.14 Å². The molecule has 2 heterocycles. The van der Waals surface area contributed by atoms with Gasteiger partial charge in [-0.05, 0) is 37.0 Å². The van der Waals surface area contributed by atoms with Crippen LogP contribution in [-0.4, -0.2) is 35.7 Å². The van der Waals surface area contributed by atoms with Gasteiger partial charge in [0.15, 0.2) is 0 Å². The van der Waals surface area contributed by atoms with Crippen LogP contribution in [0.3, 0.4) is 0 Å². The van der Waals surface area contributed by atoms with Gasteiger partial charge in [0, 0.05) is 26.3 Å². The van der Waals surface area contributed by atoms with E-state index in [0.717, 1.165) is 25.0 Å². The SMILES string of the molecule is Cn1nccc1C1CCCCN1C(=O)NCc1ccccc1S(N)(=O)=O. The average molecular weight is 377 g/mol. The summed E-state index contributed by atoms with van der Waals surface area (Å²) >= 11 is 0. The number of primary sulfonamides is 1. The lowest BCUT2D eigenvalue weighted by Crippen LogP contribution is -2.45. The molecule has 3 N–H and O–H groups in total. The van der Waals surface area contributed by atoms with Gasteiger partial charge in [-0.15, -0.1) is 0 Å². The molecule has 1 aromatic carbocycles. The fraction of sp³-hybridized carbons (Fsp3) is 0.412. The van der Waals surface area contributed by atoms with Gasteiger partial charge in [-0.2, -0.15) is 5.10 Å². The van der Waals surface area contributed by atoms with Gasteiger partial charge in [0.2, 0.25) is 10.0 Å². The molecule has 0 radical (unpaired) electrons. The number of rotatable bonds is 4. The standard InChI is InChI=1S/C17H23N5O3S/c1-21-14(9-10-20-21)15-7-4-5-11-22(15)17(23)19-12-13-6-2-3-8-16(13)26(18,24)25/h2-3,6,8-10,15H,4-5,7,11-12H2,1H3,(H,19,23)(H2,18,24,25). The molecule has 0 spiro atoms. The molecule has 0 bridgehead atoms. The van der Waals surface area contributed by atoms with Crippen molar-refractivity contribution in [3.8, 4) is 0 Å². The molecule has 1 aliphatic rings. The number of hydrogen-bond acceptors (Lipinski definition) is 4. The average Bonchev–Trinajstić information content (AvgIpc) is 3.05. The van der Waals surface area contributed by atoms with Gasteiger partial charge in [0.25, 0.3) is 0 Å². The van der Waals surface area contributed by atoms with Gasteiger partial charge in [0.1, 0.15) is 0 Å². The predicted octanol–water partition coefficient (Wildman–Crippen LogP) is 1.50. The molecule has 1 atom stereocenters. The summed E-state index contributed by atoms with van der Waals surface area (Å²) in [5, 5.41) is 12.3. The van der Waals surface area contributed by atoms with Crippen molar-refractivity contribution >= 4 is 16.1 Å². The molecule has 2 aromatic rings. The smallest absolute Gasteiger partial charge is 0.318 e. The zero-order valence-corrected chi connectivity index (χ0v) is 15.4. The van der Waals surface area contributed by atoms with Gasteiger partial charge < -0.3 is 10.2 Å². The monoisotopic (exact) mass is 377 g/mol. The van der Waals surface area contributed by atoms with E-state index < -0.39 is 10.0 Å². The first kappa shape index (κ1) is 18.4. The van der Waals surface area contributed by atoms with Crippen LogP contribution < -0.4 is 10.5 Å². The number of carbonyl (C=O) groups excluding carboxylic acids is 1. The lowest BCUT2D eigenvalue weighted by molar-refractivity contribution is 0.147. The Labute approximate surface area is 153 Å². The Morgan fingerprint density at radius 2 is 2.08 bits per heavy atom. The van der Waals surface area contributed by atoms with E-state index >= 15 is 0 Å². The van der Waals surface area contributed by atoms with Crippen molar-refractivity contribution in [1.29, 1.82) is 0 Å². The molecule has 1 unspecified atom stereocenters. The number of nitrogens with zero attached hydrogens (tertiary/aromatic N) is 3. The van der Waals surface area contributed by atoms with Crippen LogP contribution in [0.5, 0.6) is 0 Å². The highest BCUT2D eigenvalue weighted by atomic mass is 32.2. The Bertz CT molecular complexity index is 893. The summed E-state index contributed by atoms with van der Waals surface area (Å²) in [6, 6.07) is 8.08. The third-order valence-electron chi connectivity index (χ3n) is 4.67. The maximum absolute atomic E-state index is 12.8. The Morgan fingerprint density at radius 3 is 2.77 bits per heavy atom. The quantitative estimate of drug-likeness (QED) is 0.841. The van der Waals surface area contributed by atoms with Crippen LogP contribution in [0.4, 0.5) is 4.79 Å². The number of aryl methyl sites for hydroxylation is 1. The van der Waals surface area contributed by atoms with Crippen molar-refractivity contribution in [3.63, 3.8) is 0 Å². The molecular weight excluding hydrogens is 354 g/mol. The van der Waals surface area contributed by atoms with Crippen LogP contribution >= 0.6 is 0 Å². The molecule has 1 saturated heterocycles. The molecule has 9 heteroatoms. The molecule has 1 aromatic heterocycles. The minimum absolute atomic E-state index is 0.0297. The molecule has 3 rings (SSSR count). The number of nitrogens with one attached hydrogen (secondary N) is 1. The zero-order chi connectivity index (χ0) is 18.7. The molecule has 26 heavy (non-hydrogen) atoms. The molecular formula is C17H23N5O3S. The maximum atomic E-state index is 12.8. The summed E-state index contributed by atoms with van der Waals surface area (Å²) < 4.78 is 25.2. The third-order valence-corrected chi connectivity index (χ3v) is 5.68. The summed E-state index contributed by atoms with van der Waals surface area (Å²) in [7, 11) is -1.97. The number of carbonyl (C=O) groups is 1. The minimum Gasteiger partial charge on any atom is -0.334 e. The van der Waals surface area contributed by atoms with E-state index in [9.17, 15) is 13.2 Å². The number of urea groups is 1. The first-order chi connectivity index (χ1) is 12.4. The molecule has 2 amide bonds. The van der Waals surface area contributed by atoms with Gasteiger partial charge in [-0.3, -0.25) is 4.68 Å². The molecule has 1 fully saturated rings. The highest BCUT2D eigenvalue weighted by Crippen LogP contribution is 2.30. The zero-order valence-electron chi connectivity index (χ0n) is 14.6. The predicted molar refractivity (Wildman–Crippen MR) is 96.6 cm³/mol. The minimum atomic E-state index is -3.83. The van der Waals surface area contributed by atoms with Gasteiger partial charge in [-0.25, -0.2) is 18.4 Å². The number of sulfonamides is 1. The van der Waals surface area contributed by atoms with Crippen molar-refractivity contribution in [2.24, 2.45) is 12.2 Å². The number of amides is 2. The molecule has 0 aliphatic carbocycles. The Kier molecular flexibility index (Phi) is 5.28. The number of piperidine rings is 1. The van der Waals surface area contributed by atoms with Crippen LogP contribution in [0.25, 0.3) is 0 Å². The van der Waals surface area contributed by atoms with E-state index in [1.165, 1.54) is 6.07 Å². The van der Waals surface area contributed by atoms with E-state index in [2.05, 4.69) is 10.4 Å². The van der Waals surface area contributed by atoms with Gasteiger partial charge in [-0.1, -0.05) is 18.2 Å². The Hall–Kier alpha value is -2.39. The second-order valence-corrected chi connectivity index (χ2v) is 7.93. The molecule has 0 saturated carbocycles. The van der Waals surface area contributed by atoms with Gasteiger partial charge in [0.05, 0.1) is 16.6 Å². The van der Waals surface area contributed by atoms with Crippen molar-refractivity contribution in [1.82, 2.24) is 20.0 Å². The highest BCUT2D eigenvalue weighted by molar-refractivity contribution is 7.89. The maximum Gasteiger partial charge on any atom is 0.318 e. The summed E-state index contributed by atoms with van der Waals surface area (Å²) in [5.41, 5.74) is 1.46. The topological polar surface area (TPSA) is 110 Å². The second kappa shape index (κ2) is 7.46. The molecule has 1 aliphatic heterocycles. The van der Waals surface area contributed by atoms with Crippen molar-refractivity contribution in [2.75, 3.05) is 6.54 Å². The highest BCUT2D eigenvalue weighted by Gasteiger charge is 2.29. The number of aromatic nitrogens is 2.